The molecule has 1 N–H and O–H groups in total. The summed E-state index contributed by atoms with van der Waals surface area (Å²) in [4.78, 5) is 15.9. The van der Waals surface area contributed by atoms with E-state index in [-0.39, 0.29) is 12.0 Å². The van der Waals surface area contributed by atoms with Gasteiger partial charge in [-0.2, -0.15) is 0 Å². The summed E-state index contributed by atoms with van der Waals surface area (Å²) in [7, 11) is 0. The van der Waals surface area contributed by atoms with Gasteiger partial charge in [-0.25, -0.2) is 4.98 Å². The van der Waals surface area contributed by atoms with Crippen molar-refractivity contribution in [3.05, 3.63) is 23.9 Å². The zero-order valence-corrected chi connectivity index (χ0v) is 10.6. The minimum Gasteiger partial charge on any atom is -0.472 e. The van der Waals surface area contributed by atoms with E-state index in [9.17, 15) is 4.79 Å². The number of hydrogen-bond acceptors (Lipinski definition) is 4. The number of amides is 1. The molecule has 0 aliphatic carbocycles. The predicted octanol–water partition coefficient (Wildman–Crippen LogP) is 1.00. The second-order valence-electron chi connectivity index (χ2n) is 4.20. The number of rotatable bonds is 5. The Labute approximate surface area is 112 Å². The van der Waals surface area contributed by atoms with Gasteiger partial charge in [-0.15, -0.1) is 12.3 Å². The molecule has 0 spiro atoms. The Hall–Kier alpha value is -2.06. The summed E-state index contributed by atoms with van der Waals surface area (Å²) in [6.45, 7) is 1.74. The zero-order chi connectivity index (χ0) is 13.5. The molecule has 0 saturated carbocycles. The Morgan fingerprint density at radius 1 is 1.68 bits per heavy atom. The first-order valence-corrected chi connectivity index (χ1v) is 6.21. The number of hydrogen-bond donors (Lipinski definition) is 1. The van der Waals surface area contributed by atoms with Crippen molar-refractivity contribution in [3.63, 3.8) is 0 Å². The highest BCUT2D eigenvalue weighted by atomic mass is 16.5. The van der Waals surface area contributed by atoms with Gasteiger partial charge in [-0.1, -0.05) is 0 Å². The molecule has 1 saturated heterocycles. The first-order chi connectivity index (χ1) is 9.29. The van der Waals surface area contributed by atoms with E-state index in [1.807, 2.05) is 0 Å². The molecule has 1 aromatic heterocycles. The smallest absolute Gasteiger partial charge is 0.251 e. The molecule has 1 aromatic rings. The van der Waals surface area contributed by atoms with Crippen LogP contribution in [0.2, 0.25) is 0 Å². The van der Waals surface area contributed by atoms with Crippen LogP contribution < -0.4 is 10.1 Å². The van der Waals surface area contributed by atoms with Crippen molar-refractivity contribution in [2.24, 2.45) is 0 Å². The van der Waals surface area contributed by atoms with Crippen LogP contribution in [0.1, 0.15) is 23.2 Å². The lowest BCUT2D eigenvalue weighted by molar-refractivity contribution is 0.0953. The molecule has 1 amide bonds. The minimum atomic E-state index is -0.176. The lowest BCUT2D eigenvalue weighted by Gasteiger charge is -2.11. The third kappa shape index (κ3) is 3.97. The van der Waals surface area contributed by atoms with Crippen molar-refractivity contribution in [3.8, 4) is 18.2 Å². The zero-order valence-electron chi connectivity index (χ0n) is 10.6. The second kappa shape index (κ2) is 6.76. The molecule has 1 atom stereocenters. The van der Waals surface area contributed by atoms with Gasteiger partial charge in [0, 0.05) is 37.2 Å². The molecule has 2 heterocycles. The molecule has 5 heteroatoms. The molecular formula is C14H16N2O3. The minimum absolute atomic E-state index is 0.0206. The largest absolute Gasteiger partial charge is 0.472 e. The summed E-state index contributed by atoms with van der Waals surface area (Å²) in [5, 5.41) is 2.73. The highest BCUT2D eigenvalue weighted by Crippen LogP contribution is 2.15. The number of carbonyl (C=O) groups is 1. The van der Waals surface area contributed by atoms with Gasteiger partial charge in [0.15, 0.2) is 0 Å². The van der Waals surface area contributed by atoms with Crippen LogP contribution >= 0.6 is 0 Å². The quantitative estimate of drug-likeness (QED) is 0.634. The predicted molar refractivity (Wildman–Crippen MR) is 69.9 cm³/mol. The fourth-order valence-electron chi connectivity index (χ4n) is 1.74. The average molecular weight is 260 g/mol. The maximum absolute atomic E-state index is 11.8. The van der Waals surface area contributed by atoms with E-state index in [0.29, 0.717) is 37.6 Å². The Morgan fingerprint density at radius 3 is 3.32 bits per heavy atom. The summed E-state index contributed by atoms with van der Waals surface area (Å²) >= 11 is 0. The summed E-state index contributed by atoms with van der Waals surface area (Å²) in [5.41, 5.74) is 0.515. The Morgan fingerprint density at radius 2 is 2.58 bits per heavy atom. The van der Waals surface area contributed by atoms with Crippen molar-refractivity contribution in [2.45, 2.75) is 18.9 Å². The lowest BCUT2D eigenvalue weighted by Crippen LogP contribution is -2.24. The third-order valence-corrected chi connectivity index (χ3v) is 2.73. The van der Waals surface area contributed by atoms with E-state index in [1.54, 1.807) is 18.3 Å². The van der Waals surface area contributed by atoms with Crippen LogP contribution in [0.5, 0.6) is 5.88 Å². The van der Waals surface area contributed by atoms with Crippen LogP contribution in [0.25, 0.3) is 0 Å². The summed E-state index contributed by atoms with van der Waals surface area (Å²) in [5.74, 6) is 2.74. The number of nitrogens with zero attached hydrogens (tertiary/aromatic N) is 1. The molecule has 1 aliphatic heterocycles. The van der Waals surface area contributed by atoms with Crippen LogP contribution in [0.15, 0.2) is 18.3 Å². The van der Waals surface area contributed by atoms with Gasteiger partial charge in [0.05, 0.1) is 13.2 Å². The molecule has 1 fully saturated rings. The van der Waals surface area contributed by atoms with E-state index >= 15 is 0 Å². The molecule has 1 unspecified atom stereocenters. The van der Waals surface area contributed by atoms with Gasteiger partial charge in [0.2, 0.25) is 5.88 Å². The average Bonchev–Trinajstić information content (AvgIpc) is 2.92. The lowest BCUT2D eigenvalue weighted by atomic mass is 10.2. The van der Waals surface area contributed by atoms with Gasteiger partial charge >= 0.3 is 0 Å². The Bertz CT molecular complexity index is 476. The molecule has 0 bridgehead atoms. The molecular weight excluding hydrogens is 244 g/mol. The highest BCUT2D eigenvalue weighted by Gasteiger charge is 2.18. The van der Waals surface area contributed by atoms with E-state index in [1.165, 1.54) is 0 Å². The van der Waals surface area contributed by atoms with Gasteiger partial charge in [-0.05, 0) is 6.07 Å². The van der Waals surface area contributed by atoms with Crippen molar-refractivity contribution in [2.75, 3.05) is 19.8 Å². The van der Waals surface area contributed by atoms with Crippen LogP contribution in [-0.2, 0) is 4.74 Å². The number of nitrogens with one attached hydrogen (secondary N) is 1. The highest BCUT2D eigenvalue weighted by molar-refractivity contribution is 5.94. The summed E-state index contributed by atoms with van der Waals surface area (Å²) < 4.78 is 10.9. The van der Waals surface area contributed by atoms with Crippen molar-refractivity contribution in [1.82, 2.24) is 10.3 Å². The molecule has 0 radical (unpaired) electrons. The van der Waals surface area contributed by atoms with Crippen LogP contribution in [0.4, 0.5) is 0 Å². The van der Waals surface area contributed by atoms with E-state index in [2.05, 4.69) is 16.2 Å². The van der Waals surface area contributed by atoms with E-state index < -0.39 is 0 Å². The SMILES string of the molecule is C#CCCNC(=O)c1ccnc(OC2CCOC2)c1. The number of pyridine rings is 1. The summed E-state index contributed by atoms with van der Waals surface area (Å²) in [6, 6.07) is 3.27. The normalized spacial score (nSPS) is 17.7. The number of terminal acetylenes is 1. The van der Waals surface area contributed by atoms with Gasteiger partial charge in [-0.3, -0.25) is 4.79 Å². The number of aromatic nitrogens is 1. The topological polar surface area (TPSA) is 60.5 Å². The molecule has 100 valence electrons. The summed E-state index contributed by atoms with van der Waals surface area (Å²) in [6.07, 6.45) is 8.06. The fourth-order valence-corrected chi connectivity index (χ4v) is 1.74. The number of carbonyl (C=O) groups excluding carboxylic acids is 1. The Balaban J connectivity index is 1.94. The molecule has 19 heavy (non-hydrogen) atoms. The van der Waals surface area contributed by atoms with E-state index in [4.69, 9.17) is 15.9 Å². The van der Waals surface area contributed by atoms with Crippen LogP contribution in [0, 0.1) is 12.3 Å². The standard InChI is InChI=1S/C14H16N2O3/c1-2-3-6-16-14(17)11-4-7-15-13(9-11)19-12-5-8-18-10-12/h1,4,7,9,12H,3,5-6,8,10H2,(H,16,17). The maximum atomic E-state index is 11.8. The second-order valence-corrected chi connectivity index (χ2v) is 4.20. The van der Waals surface area contributed by atoms with Crippen LogP contribution in [-0.4, -0.2) is 36.8 Å². The van der Waals surface area contributed by atoms with Gasteiger partial charge < -0.3 is 14.8 Å². The van der Waals surface area contributed by atoms with Gasteiger partial charge in [0.25, 0.3) is 5.91 Å². The van der Waals surface area contributed by atoms with Crippen molar-refractivity contribution in [1.29, 1.82) is 0 Å². The van der Waals surface area contributed by atoms with Crippen molar-refractivity contribution >= 4 is 5.91 Å². The van der Waals surface area contributed by atoms with E-state index in [0.717, 1.165) is 6.42 Å². The molecule has 2 rings (SSSR count). The number of ether oxygens (including phenoxy) is 2. The monoisotopic (exact) mass is 260 g/mol. The fraction of sp³-hybridized carbons (Fsp3) is 0.429. The van der Waals surface area contributed by atoms with Crippen molar-refractivity contribution < 1.29 is 14.3 Å². The first-order valence-electron chi connectivity index (χ1n) is 6.21. The molecule has 5 nitrogen and oxygen atoms in total. The molecule has 1 aliphatic rings. The van der Waals surface area contributed by atoms with Gasteiger partial charge in [0.1, 0.15) is 6.10 Å². The maximum Gasteiger partial charge on any atom is 0.251 e. The third-order valence-electron chi connectivity index (χ3n) is 2.73. The Kier molecular flexibility index (Phi) is 4.76. The first kappa shape index (κ1) is 13.4. The van der Waals surface area contributed by atoms with Crippen LogP contribution in [0.3, 0.4) is 0 Å². The molecule has 0 aromatic carbocycles.